The van der Waals surface area contributed by atoms with E-state index in [2.05, 4.69) is 12.2 Å². The second kappa shape index (κ2) is 6.40. The standard InChI is InChI=1S/C18H26N2O3/c1-3-11-20-16(13-7-8-15(23-2)14(21)12-13)19-18(17(20)22)9-5-4-6-10-18/h7-8,12,16,19,21H,3-6,9-11H2,1-2H3. The average molecular weight is 318 g/mol. The van der Waals surface area contributed by atoms with Gasteiger partial charge < -0.3 is 14.7 Å². The second-order valence-corrected chi connectivity index (χ2v) is 6.62. The van der Waals surface area contributed by atoms with Crippen LogP contribution >= 0.6 is 0 Å². The number of amides is 1. The molecule has 1 heterocycles. The molecule has 0 bridgehead atoms. The molecular formula is C18H26N2O3. The zero-order valence-electron chi connectivity index (χ0n) is 14.0. The zero-order valence-corrected chi connectivity index (χ0v) is 14.0. The highest BCUT2D eigenvalue weighted by Gasteiger charge is 2.51. The molecule has 1 aromatic rings. The minimum absolute atomic E-state index is 0.111. The zero-order chi connectivity index (χ0) is 16.4. The van der Waals surface area contributed by atoms with Crippen molar-refractivity contribution in [3.05, 3.63) is 23.8 Å². The minimum Gasteiger partial charge on any atom is -0.504 e. The Kier molecular flexibility index (Phi) is 4.48. The first-order valence-corrected chi connectivity index (χ1v) is 8.57. The first-order chi connectivity index (χ1) is 11.1. The molecular weight excluding hydrogens is 292 g/mol. The maximum Gasteiger partial charge on any atom is 0.244 e. The molecule has 0 aromatic heterocycles. The molecule has 1 saturated carbocycles. The van der Waals surface area contributed by atoms with Crippen molar-refractivity contribution in [1.82, 2.24) is 10.2 Å². The van der Waals surface area contributed by atoms with Gasteiger partial charge in [-0.25, -0.2) is 0 Å². The van der Waals surface area contributed by atoms with Crippen molar-refractivity contribution in [3.8, 4) is 11.5 Å². The third-order valence-corrected chi connectivity index (χ3v) is 5.09. The molecule has 5 heteroatoms. The SMILES string of the molecule is CCCN1C(=O)C2(CCCCC2)NC1c1ccc(OC)c(O)c1. The van der Waals surface area contributed by atoms with E-state index in [0.717, 1.165) is 44.2 Å². The lowest BCUT2D eigenvalue weighted by Crippen LogP contribution is -2.48. The summed E-state index contributed by atoms with van der Waals surface area (Å²) in [6.07, 6.45) is 5.96. The van der Waals surface area contributed by atoms with Crippen LogP contribution in [0.5, 0.6) is 11.5 Å². The maximum atomic E-state index is 13.0. The number of phenols is 1. The Morgan fingerprint density at radius 3 is 2.70 bits per heavy atom. The van der Waals surface area contributed by atoms with Gasteiger partial charge in [0.15, 0.2) is 11.5 Å². The van der Waals surface area contributed by atoms with Gasteiger partial charge >= 0.3 is 0 Å². The van der Waals surface area contributed by atoms with E-state index in [1.54, 1.807) is 12.1 Å². The average Bonchev–Trinajstić information content (AvgIpc) is 2.82. The van der Waals surface area contributed by atoms with Crippen molar-refractivity contribution in [1.29, 1.82) is 0 Å². The number of nitrogens with zero attached hydrogens (tertiary/aromatic N) is 1. The monoisotopic (exact) mass is 318 g/mol. The van der Waals surface area contributed by atoms with Gasteiger partial charge in [-0.1, -0.05) is 32.3 Å². The van der Waals surface area contributed by atoms with E-state index in [9.17, 15) is 9.90 Å². The first kappa shape index (κ1) is 16.1. The van der Waals surface area contributed by atoms with Crippen molar-refractivity contribution >= 4 is 5.91 Å². The van der Waals surface area contributed by atoms with E-state index in [-0.39, 0.29) is 17.8 Å². The molecule has 2 N–H and O–H groups in total. The highest BCUT2D eigenvalue weighted by molar-refractivity contribution is 5.89. The normalized spacial score (nSPS) is 23.5. The molecule has 2 fully saturated rings. The van der Waals surface area contributed by atoms with Crippen LogP contribution < -0.4 is 10.1 Å². The van der Waals surface area contributed by atoms with E-state index in [1.165, 1.54) is 13.5 Å². The summed E-state index contributed by atoms with van der Waals surface area (Å²) in [6.45, 7) is 2.81. The van der Waals surface area contributed by atoms with Gasteiger partial charge in [-0.05, 0) is 37.0 Å². The Balaban J connectivity index is 1.93. The fraction of sp³-hybridized carbons (Fsp3) is 0.611. The second-order valence-electron chi connectivity index (χ2n) is 6.62. The van der Waals surface area contributed by atoms with E-state index in [4.69, 9.17) is 4.74 Å². The molecule has 1 atom stereocenters. The minimum atomic E-state index is -0.409. The van der Waals surface area contributed by atoms with Gasteiger partial charge in [-0.15, -0.1) is 0 Å². The third-order valence-electron chi connectivity index (χ3n) is 5.09. The smallest absolute Gasteiger partial charge is 0.244 e. The number of phenolic OH excluding ortho intramolecular Hbond substituents is 1. The van der Waals surface area contributed by atoms with E-state index in [1.807, 2.05) is 11.0 Å². The van der Waals surface area contributed by atoms with Crippen molar-refractivity contribution in [2.24, 2.45) is 0 Å². The van der Waals surface area contributed by atoms with Gasteiger partial charge in [0.05, 0.1) is 12.6 Å². The van der Waals surface area contributed by atoms with Crippen molar-refractivity contribution in [3.63, 3.8) is 0 Å². The molecule has 1 aliphatic heterocycles. The molecule has 126 valence electrons. The lowest BCUT2D eigenvalue weighted by molar-refractivity contribution is -0.134. The number of carbonyl (C=O) groups excluding carboxylic acids is 1. The van der Waals surface area contributed by atoms with Crippen LogP contribution in [0, 0.1) is 0 Å². The van der Waals surface area contributed by atoms with Crippen LogP contribution in [0.2, 0.25) is 0 Å². The number of methoxy groups -OCH3 is 1. The topological polar surface area (TPSA) is 61.8 Å². The van der Waals surface area contributed by atoms with Gasteiger partial charge in [0.25, 0.3) is 0 Å². The predicted molar refractivity (Wildman–Crippen MR) is 88.4 cm³/mol. The van der Waals surface area contributed by atoms with Crippen molar-refractivity contribution in [2.45, 2.75) is 57.2 Å². The van der Waals surface area contributed by atoms with E-state index >= 15 is 0 Å². The van der Waals surface area contributed by atoms with Crippen LogP contribution in [-0.4, -0.2) is 35.1 Å². The summed E-state index contributed by atoms with van der Waals surface area (Å²) in [5, 5.41) is 13.7. The highest BCUT2D eigenvalue weighted by Crippen LogP contribution is 2.41. The molecule has 1 saturated heterocycles. The van der Waals surface area contributed by atoms with Crippen LogP contribution in [-0.2, 0) is 4.79 Å². The summed E-state index contributed by atoms with van der Waals surface area (Å²) in [5.74, 6) is 0.784. The molecule has 1 aliphatic carbocycles. The molecule has 23 heavy (non-hydrogen) atoms. The van der Waals surface area contributed by atoms with Crippen molar-refractivity contribution in [2.75, 3.05) is 13.7 Å². The molecule has 1 amide bonds. The summed E-state index contributed by atoms with van der Waals surface area (Å²) in [5.41, 5.74) is 0.501. The van der Waals surface area contributed by atoms with E-state index in [0.29, 0.717) is 5.75 Å². The van der Waals surface area contributed by atoms with Gasteiger partial charge in [0.2, 0.25) is 5.91 Å². The van der Waals surface area contributed by atoms with Crippen LogP contribution in [0.4, 0.5) is 0 Å². The fourth-order valence-corrected chi connectivity index (χ4v) is 3.92. The Morgan fingerprint density at radius 2 is 2.09 bits per heavy atom. The van der Waals surface area contributed by atoms with Gasteiger partial charge in [-0.2, -0.15) is 0 Å². The van der Waals surface area contributed by atoms with Gasteiger partial charge in [0.1, 0.15) is 6.17 Å². The molecule has 1 unspecified atom stereocenters. The Hall–Kier alpha value is -1.75. The first-order valence-electron chi connectivity index (χ1n) is 8.57. The lowest BCUT2D eigenvalue weighted by Gasteiger charge is -2.31. The summed E-state index contributed by atoms with van der Waals surface area (Å²) >= 11 is 0. The van der Waals surface area contributed by atoms with Gasteiger partial charge in [0, 0.05) is 6.54 Å². The molecule has 2 aliphatic rings. The number of benzene rings is 1. The molecule has 0 radical (unpaired) electrons. The number of nitrogens with one attached hydrogen (secondary N) is 1. The molecule has 5 nitrogen and oxygen atoms in total. The Morgan fingerprint density at radius 1 is 1.35 bits per heavy atom. The van der Waals surface area contributed by atoms with Crippen LogP contribution in [0.25, 0.3) is 0 Å². The fourth-order valence-electron chi connectivity index (χ4n) is 3.92. The lowest BCUT2D eigenvalue weighted by atomic mass is 9.81. The maximum absolute atomic E-state index is 13.0. The van der Waals surface area contributed by atoms with E-state index < -0.39 is 5.54 Å². The number of hydrogen-bond acceptors (Lipinski definition) is 4. The number of aromatic hydroxyl groups is 1. The summed E-state index contributed by atoms with van der Waals surface area (Å²) in [6, 6.07) is 5.38. The summed E-state index contributed by atoms with van der Waals surface area (Å²) in [4.78, 5) is 15.0. The van der Waals surface area contributed by atoms with Crippen LogP contribution in [0.3, 0.4) is 0 Å². The number of ether oxygens (including phenoxy) is 1. The quantitative estimate of drug-likeness (QED) is 0.896. The summed E-state index contributed by atoms with van der Waals surface area (Å²) < 4.78 is 5.12. The number of rotatable bonds is 4. The number of carbonyl (C=O) groups is 1. The van der Waals surface area contributed by atoms with Crippen LogP contribution in [0.15, 0.2) is 18.2 Å². The van der Waals surface area contributed by atoms with Gasteiger partial charge in [-0.3, -0.25) is 10.1 Å². The largest absolute Gasteiger partial charge is 0.504 e. The van der Waals surface area contributed by atoms with Crippen molar-refractivity contribution < 1.29 is 14.6 Å². The third kappa shape index (κ3) is 2.78. The summed E-state index contributed by atoms with van der Waals surface area (Å²) in [7, 11) is 1.53. The Labute approximate surface area is 137 Å². The number of hydrogen-bond donors (Lipinski definition) is 2. The molecule has 3 rings (SSSR count). The van der Waals surface area contributed by atoms with Crippen LogP contribution in [0.1, 0.15) is 57.2 Å². The predicted octanol–water partition coefficient (Wildman–Crippen LogP) is 2.94. The molecule has 1 aromatic carbocycles. The Bertz CT molecular complexity index is 582. The molecule has 1 spiro atoms. The highest BCUT2D eigenvalue weighted by atomic mass is 16.5.